The summed E-state index contributed by atoms with van der Waals surface area (Å²) < 4.78 is 18.3. The van der Waals surface area contributed by atoms with Gasteiger partial charge in [-0.25, -0.2) is 4.57 Å². The van der Waals surface area contributed by atoms with Crippen molar-refractivity contribution in [1.29, 1.82) is 0 Å². The molecule has 6 nitrogen and oxygen atoms in total. The topological polar surface area (TPSA) is 88.8 Å². The fourth-order valence-electron chi connectivity index (χ4n) is 3.37. The molecule has 0 unspecified atom stereocenters. The Morgan fingerprint density at radius 3 is 2.07 bits per heavy atom. The van der Waals surface area contributed by atoms with Crippen LogP contribution in [0.4, 0.5) is 0 Å². The second kappa shape index (κ2) is 7.68. The Balaban J connectivity index is 2.07. The van der Waals surface area contributed by atoms with Crippen molar-refractivity contribution in [2.24, 2.45) is 0 Å². The fourth-order valence-corrected chi connectivity index (χ4v) is 3.80. The molecule has 0 spiro atoms. The minimum absolute atomic E-state index is 0.114. The first-order chi connectivity index (χ1) is 13.9. The summed E-state index contributed by atoms with van der Waals surface area (Å²) in [5, 5.41) is 0.449. The van der Waals surface area contributed by atoms with Crippen molar-refractivity contribution in [3.8, 4) is 16.9 Å². The molecule has 1 heterocycles. The molecule has 0 aliphatic carbocycles. The van der Waals surface area contributed by atoms with Gasteiger partial charge in [-0.1, -0.05) is 72.8 Å². The second-order valence-corrected chi connectivity index (χ2v) is 7.71. The second-order valence-electron chi connectivity index (χ2n) is 6.55. The van der Waals surface area contributed by atoms with Crippen molar-refractivity contribution < 1.29 is 18.9 Å². The molecule has 3 aromatic carbocycles. The van der Waals surface area contributed by atoms with Crippen molar-refractivity contribution in [2.45, 2.75) is 6.54 Å². The Labute approximate surface area is 166 Å². The minimum Gasteiger partial charge on any atom is -0.403 e. The highest BCUT2D eigenvalue weighted by Crippen LogP contribution is 2.44. The van der Waals surface area contributed by atoms with E-state index >= 15 is 0 Å². The lowest BCUT2D eigenvalue weighted by molar-refractivity contribution is 0.284. The number of rotatable bonds is 5. The van der Waals surface area contributed by atoms with Crippen LogP contribution in [0.5, 0.6) is 5.75 Å². The third kappa shape index (κ3) is 4.00. The van der Waals surface area contributed by atoms with Gasteiger partial charge >= 0.3 is 7.82 Å². The summed E-state index contributed by atoms with van der Waals surface area (Å²) in [6, 6.07) is 25.2. The number of fused-ring (bicyclic) bond motifs is 1. The number of nitrogens with zero attached hydrogens (tertiary/aromatic N) is 1. The van der Waals surface area contributed by atoms with Crippen LogP contribution in [-0.4, -0.2) is 14.4 Å². The summed E-state index contributed by atoms with van der Waals surface area (Å²) in [7, 11) is -4.89. The summed E-state index contributed by atoms with van der Waals surface area (Å²) in [6.07, 6.45) is 0. The van der Waals surface area contributed by atoms with E-state index in [4.69, 9.17) is 4.52 Å². The van der Waals surface area contributed by atoms with E-state index < -0.39 is 7.82 Å². The number of phosphoric ester groups is 1. The van der Waals surface area contributed by atoms with Gasteiger partial charge in [-0.15, -0.1) is 0 Å². The number of pyridine rings is 1. The molecule has 0 amide bonds. The van der Waals surface area contributed by atoms with Crippen LogP contribution in [0, 0.1) is 0 Å². The average molecular weight is 407 g/mol. The first-order valence-electron chi connectivity index (χ1n) is 8.94. The van der Waals surface area contributed by atoms with Crippen molar-refractivity contribution in [3.05, 3.63) is 101 Å². The van der Waals surface area contributed by atoms with Crippen LogP contribution in [0.25, 0.3) is 22.0 Å². The molecule has 7 heteroatoms. The van der Waals surface area contributed by atoms with Gasteiger partial charge in [-0.05, 0) is 23.3 Å². The smallest absolute Gasteiger partial charge is 0.403 e. The SMILES string of the molecule is O=c1c(-c2ccccc2)c(OP(=O)(O)O)c2ccccc2n1Cc1ccccc1. The van der Waals surface area contributed by atoms with Gasteiger partial charge in [0.15, 0.2) is 5.75 Å². The first-order valence-corrected chi connectivity index (χ1v) is 10.5. The van der Waals surface area contributed by atoms with Crippen LogP contribution in [0.15, 0.2) is 89.7 Å². The Hall–Kier alpha value is -3.18. The van der Waals surface area contributed by atoms with Gasteiger partial charge in [-0.3, -0.25) is 14.6 Å². The van der Waals surface area contributed by atoms with Gasteiger partial charge in [0.05, 0.1) is 17.6 Å². The molecule has 0 saturated heterocycles. The highest BCUT2D eigenvalue weighted by molar-refractivity contribution is 7.46. The van der Waals surface area contributed by atoms with Crippen LogP contribution in [-0.2, 0) is 11.1 Å². The monoisotopic (exact) mass is 407 g/mol. The maximum Gasteiger partial charge on any atom is 0.524 e. The van der Waals surface area contributed by atoms with Gasteiger partial charge in [0.25, 0.3) is 5.56 Å². The van der Waals surface area contributed by atoms with Crippen LogP contribution in [0.2, 0.25) is 0 Å². The van der Waals surface area contributed by atoms with Gasteiger partial charge in [0, 0.05) is 5.39 Å². The Kier molecular flexibility index (Phi) is 5.07. The zero-order valence-corrected chi connectivity index (χ0v) is 16.2. The average Bonchev–Trinajstić information content (AvgIpc) is 2.71. The molecular formula is C22H18NO5P. The van der Waals surface area contributed by atoms with E-state index in [1.54, 1.807) is 59.2 Å². The molecule has 0 fully saturated rings. The highest BCUT2D eigenvalue weighted by Gasteiger charge is 2.25. The molecule has 0 saturated carbocycles. The normalized spacial score (nSPS) is 11.5. The third-order valence-corrected chi connectivity index (χ3v) is 5.00. The first kappa shape index (κ1) is 19.2. The molecule has 146 valence electrons. The molecule has 4 rings (SSSR count). The molecule has 2 N–H and O–H groups in total. The molecule has 1 aromatic heterocycles. The van der Waals surface area contributed by atoms with Gasteiger partial charge in [0.1, 0.15) is 0 Å². The van der Waals surface area contributed by atoms with Gasteiger partial charge in [-0.2, -0.15) is 0 Å². The Morgan fingerprint density at radius 1 is 0.828 bits per heavy atom. The zero-order valence-electron chi connectivity index (χ0n) is 15.3. The van der Waals surface area contributed by atoms with E-state index in [9.17, 15) is 19.1 Å². The highest BCUT2D eigenvalue weighted by atomic mass is 31.2. The summed E-state index contributed by atoms with van der Waals surface area (Å²) >= 11 is 0. The summed E-state index contributed by atoms with van der Waals surface area (Å²) in [5.41, 5.74) is 1.71. The minimum atomic E-state index is -4.89. The zero-order chi connectivity index (χ0) is 20.4. The lowest BCUT2D eigenvalue weighted by atomic mass is 10.0. The van der Waals surface area contributed by atoms with Crippen molar-refractivity contribution in [3.63, 3.8) is 0 Å². The Morgan fingerprint density at radius 2 is 1.41 bits per heavy atom. The predicted octanol–water partition coefficient (Wildman–Crippen LogP) is 4.19. The predicted molar refractivity (Wildman–Crippen MR) is 112 cm³/mol. The van der Waals surface area contributed by atoms with Crippen LogP contribution < -0.4 is 10.1 Å². The molecule has 0 aliphatic rings. The van der Waals surface area contributed by atoms with E-state index in [0.717, 1.165) is 5.56 Å². The molecule has 4 aromatic rings. The number of hydrogen-bond acceptors (Lipinski definition) is 3. The lowest BCUT2D eigenvalue weighted by Crippen LogP contribution is -2.24. The van der Waals surface area contributed by atoms with Crippen molar-refractivity contribution in [2.75, 3.05) is 0 Å². The summed E-state index contributed by atoms with van der Waals surface area (Å²) in [5.74, 6) is -0.116. The third-order valence-electron chi connectivity index (χ3n) is 4.58. The maximum absolute atomic E-state index is 13.5. The molecule has 0 atom stereocenters. The number of benzene rings is 3. The van der Waals surface area contributed by atoms with Crippen LogP contribution in [0.1, 0.15) is 5.56 Å². The molecule has 0 aliphatic heterocycles. The van der Waals surface area contributed by atoms with Gasteiger partial charge in [0.2, 0.25) is 0 Å². The van der Waals surface area contributed by atoms with E-state index in [2.05, 4.69) is 0 Å². The van der Waals surface area contributed by atoms with Crippen molar-refractivity contribution in [1.82, 2.24) is 4.57 Å². The molecule has 0 bridgehead atoms. The molecule has 29 heavy (non-hydrogen) atoms. The lowest BCUT2D eigenvalue weighted by Gasteiger charge is -2.19. The van der Waals surface area contributed by atoms with E-state index in [1.165, 1.54) is 0 Å². The molecular weight excluding hydrogens is 389 g/mol. The van der Waals surface area contributed by atoms with Gasteiger partial charge < -0.3 is 9.09 Å². The van der Waals surface area contributed by atoms with E-state index in [-0.39, 0.29) is 16.9 Å². The van der Waals surface area contributed by atoms with Crippen molar-refractivity contribution >= 4 is 18.7 Å². The summed E-state index contributed by atoms with van der Waals surface area (Å²) in [6.45, 7) is 0.316. The molecule has 0 radical (unpaired) electrons. The van der Waals surface area contributed by atoms with Crippen LogP contribution >= 0.6 is 7.82 Å². The fraction of sp³-hybridized carbons (Fsp3) is 0.0455. The van der Waals surface area contributed by atoms with Crippen LogP contribution in [0.3, 0.4) is 0 Å². The maximum atomic E-state index is 13.5. The number of hydrogen-bond donors (Lipinski definition) is 2. The Bertz CT molecular complexity index is 1260. The number of para-hydroxylation sites is 1. The van der Waals surface area contributed by atoms with E-state index in [0.29, 0.717) is 23.0 Å². The number of aromatic nitrogens is 1. The quantitative estimate of drug-likeness (QED) is 0.485. The van der Waals surface area contributed by atoms with E-state index in [1.807, 2.05) is 30.3 Å². The standard InChI is InChI=1S/C22H18NO5P/c24-22-20(17-11-5-2-6-12-17)21(28-29(25,26)27)18-13-7-8-14-19(18)23(22)15-16-9-3-1-4-10-16/h1-14H,15H2,(H2,25,26,27). The summed E-state index contributed by atoms with van der Waals surface area (Å²) in [4.78, 5) is 32.5. The largest absolute Gasteiger partial charge is 0.524 e. The number of phosphoric acid groups is 1.